The molecule has 69 heavy (non-hydrogen) atoms. The second-order valence-electron chi connectivity index (χ2n) is 19.3. The maximum absolute atomic E-state index is 12.9. The van der Waals surface area contributed by atoms with Gasteiger partial charge < -0.3 is 14.2 Å². The van der Waals surface area contributed by atoms with E-state index in [2.05, 4.69) is 87.6 Å². The molecule has 0 aromatic rings. The van der Waals surface area contributed by atoms with Crippen molar-refractivity contribution in [3.63, 3.8) is 0 Å². The van der Waals surface area contributed by atoms with Gasteiger partial charge in [0.15, 0.2) is 6.10 Å². The van der Waals surface area contributed by atoms with Gasteiger partial charge in [0.2, 0.25) is 0 Å². The fraction of sp³-hybridized carbons (Fsp3) is 0.730. The fourth-order valence-corrected chi connectivity index (χ4v) is 8.09. The lowest BCUT2D eigenvalue weighted by molar-refractivity contribution is -0.167. The number of rotatable bonds is 52. The van der Waals surface area contributed by atoms with E-state index >= 15 is 0 Å². The molecule has 0 aromatic heterocycles. The predicted octanol–water partition coefficient (Wildman–Crippen LogP) is 19.5. The average molecular weight is 962 g/mol. The molecule has 1 unspecified atom stereocenters. The van der Waals surface area contributed by atoms with Crippen LogP contribution in [0.1, 0.15) is 278 Å². The maximum Gasteiger partial charge on any atom is 0.306 e. The number of hydrogen-bond acceptors (Lipinski definition) is 6. The van der Waals surface area contributed by atoms with Crippen molar-refractivity contribution in [1.29, 1.82) is 0 Å². The number of allylic oxidation sites excluding steroid dienone is 14. The Balaban J connectivity index is 4.41. The lowest BCUT2D eigenvalue weighted by Gasteiger charge is -2.18. The summed E-state index contributed by atoms with van der Waals surface area (Å²) < 4.78 is 16.9. The van der Waals surface area contributed by atoms with Crippen LogP contribution >= 0.6 is 0 Å². The minimum atomic E-state index is -0.791. The Morgan fingerprint density at radius 1 is 0.304 bits per heavy atom. The standard InChI is InChI=1S/C63H108O6/c1-4-7-10-13-16-19-22-25-28-30-31-33-35-38-41-44-47-50-53-56-62(65)68-59-60(58-67-61(64)55-52-49-46-43-40-37-34-27-24-21-18-15-12-9-6-3)69-63(66)57-54-51-48-45-42-39-36-32-29-26-23-20-17-14-11-8-5-2/h9,12,15-16,18-19,21-22,24-27,29,34,60H,4-8,10-11,13-14,17,20,23,28,30-33,35-59H2,1-3H3/b12-9-,18-15-,19-16-,24-21-,25-22-,29-26-,34-27-. The van der Waals surface area contributed by atoms with Crippen molar-refractivity contribution in [2.75, 3.05) is 13.2 Å². The zero-order chi connectivity index (χ0) is 50.0. The second-order valence-corrected chi connectivity index (χ2v) is 19.3. The van der Waals surface area contributed by atoms with Crippen LogP contribution in [0.4, 0.5) is 0 Å². The number of esters is 3. The molecule has 0 radical (unpaired) electrons. The van der Waals surface area contributed by atoms with E-state index in [4.69, 9.17) is 14.2 Å². The summed E-state index contributed by atoms with van der Waals surface area (Å²) in [4.78, 5) is 38.2. The van der Waals surface area contributed by atoms with Crippen LogP contribution in [-0.4, -0.2) is 37.2 Å². The molecular weight excluding hydrogens is 853 g/mol. The third kappa shape index (κ3) is 55.4. The van der Waals surface area contributed by atoms with Gasteiger partial charge in [0, 0.05) is 19.3 Å². The van der Waals surface area contributed by atoms with Crippen LogP contribution in [0.5, 0.6) is 0 Å². The Morgan fingerprint density at radius 2 is 0.580 bits per heavy atom. The Labute approximate surface area is 426 Å². The van der Waals surface area contributed by atoms with Crippen molar-refractivity contribution >= 4 is 17.9 Å². The molecule has 0 aliphatic heterocycles. The monoisotopic (exact) mass is 961 g/mol. The van der Waals surface area contributed by atoms with E-state index in [1.54, 1.807) is 0 Å². The first-order valence-electron chi connectivity index (χ1n) is 29.2. The van der Waals surface area contributed by atoms with Crippen molar-refractivity contribution < 1.29 is 28.6 Å². The van der Waals surface area contributed by atoms with E-state index in [0.29, 0.717) is 19.3 Å². The molecule has 0 spiro atoms. The fourth-order valence-electron chi connectivity index (χ4n) is 8.09. The zero-order valence-corrected chi connectivity index (χ0v) is 45.3. The first kappa shape index (κ1) is 65.6. The topological polar surface area (TPSA) is 78.9 Å². The van der Waals surface area contributed by atoms with E-state index in [-0.39, 0.29) is 31.1 Å². The van der Waals surface area contributed by atoms with E-state index < -0.39 is 6.10 Å². The van der Waals surface area contributed by atoms with Gasteiger partial charge in [-0.15, -0.1) is 0 Å². The van der Waals surface area contributed by atoms with Crippen LogP contribution in [0, 0.1) is 0 Å². The molecule has 0 aliphatic rings. The molecule has 0 bridgehead atoms. The van der Waals surface area contributed by atoms with Gasteiger partial charge in [-0.05, 0) is 89.9 Å². The summed E-state index contributed by atoms with van der Waals surface area (Å²) in [6, 6.07) is 0. The smallest absolute Gasteiger partial charge is 0.306 e. The van der Waals surface area contributed by atoms with Gasteiger partial charge in [-0.3, -0.25) is 14.4 Å². The Bertz CT molecular complexity index is 1330. The maximum atomic E-state index is 12.9. The van der Waals surface area contributed by atoms with E-state index in [0.717, 1.165) is 83.5 Å². The third-order valence-corrected chi connectivity index (χ3v) is 12.5. The molecule has 6 nitrogen and oxygen atoms in total. The van der Waals surface area contributed by atoms with Crippen LogP contribution in [0.15, 0.2) is 85.1 Å². The summed E-state index contributed by atoms with van der Waals surface area (Å²) in [6.07, 6.45) is 74.2. The Hall–Kier alpha value is -3.41. The van der Waals surface area contributed by atoms with Crippen LogP contribution in [0.25, 0.3) is 0 Å². The Morgan fingerprint density at radius 3 is 0.971 bits per heavy atom. The highest BCUT2D eigenvalue weighted by Gasteiger charge is 2.19. The van der Waals surface area contributed by atoms with Gasteiger partial charge in [-0.1, -0.05) is 254 Å². The first-order chi connectivity index (χ1) is 34.0. The van der Waals surface area contributed by atoms with Crippen molar-refractivity contribution in [3.8, 4) is 0 Å². The summed E-state index contributed by atoms with van der Waals surface area (Å²) in [7, 11) is 0. The largest absolute Gasteiger partial charge is 0.462 e. The molecular formula is C63H108O6. The van der Waals surface area contributed by atoms with Crippen LogP contribution in [-0.2, 0) is 28.6 Å². The van der Waals surface area contributed by atoms with Gasteiger partial charge in [-0.25, -0.2) is 0 Å². The first-order valence-corrected chi connectivity index (χ1v) is 29.2. The highest BCUT2D eigenvalue weighted by molar-refractivity contribution is 5.71. The van der Waals surface area contributed by atoms with Crippen molar-refractivity contribution in [2.24, 2.45) is 0 Å². The van der Waals surface area contributed by atoms with E-state index in [1.165, 1.54) is 154 Å². The van der Waals surface area contributed by atoms with Gasteiger partial charge in [-0.2, -0.15) is 0 Å². The number of carbonyl (C=O) groups is 3. The SMILES string of the molecule is CC\C=C/C=C\C=C/C=C\CCCCCCCC(=O)OCC(COC(=O)CCCCCCCCCCCC/C=C\C=C/CCCCC)OC(=O)CCCCCCCCC/C=C\CCCCCCCC. The highest BCUT2D eigenvalue weighted by atomic mass is 16.6. The van der Waals surface area contributed by atoms with Gasteiger partial charge >= 0.3 is 17.9 Å². The molecule has 0 aromatic carbocycles. The summed E-state index contributed by atoms with van der Waals surface area (Å²) >= 11 is 0. The summed E-state index contributed by atoms with van der Waals surface area (Å²) in [5, 5.41) is 0. The summed E-state index contributed by atoms with van der Waals surface area (Å²) in [5.41, 5.74) is 0. The molecule has 6 heteroatoms. The van der Waals surface area contributed by atoms with E-state index in [9.17, 15) is 14.4 Å². The third-order valence-electron chi connectivity index (χ3n) is 12.5. The van der Waals surface area contributed by atoms with Crippen LogP contribution in [0.3, 0.4) is 0 Å². The molecule has 396 valence electrons. The van der Waals surface area contributed by atoms with Crippen molar-refractivity contribution in [1.82, 2.24) is 0 Å². The van der Waals surface area contributed by atoms with Gasteiger partial charge in [0.05, 0.1) is 0 Å². The quantitative estimate of drug-likeness (QED) is 0.0199. The van der Waals surface area contributed by atoms with Gasteiger partial charge in [0.25, 0.3) is 0 Å². The molecule has 0 saturated heterocycles. The number of carbonyl (C=O) groups excluding carboxylic acids is 3. The minimum absolute atomic E-state index is 0.0875. The molecule has 0 aliphatic carbocycles. The molecule has 0 amide bonds. The molecule has 0 N–H and O–H groups in total. The summed E-state index contributed by atoms with van der Waals surface area (Å²) in [6.45, 7) is 6.46. The highest BCUT2D eigenvalue weighted by Crippen LogP contribution is 2.15. The van der Waals surface area contributed by atoms with E-state index in [1.807, 2.05) is 18.2 Å². The second kappa shape index (κ2) is 57.2. The number of ether oxygens (including phenoxy) is 3. The van der Waals surface area contributed by atoms with Crippen molar-refractivity contribution in [2.45, 2.75) is 284 Å². The average Bonchev–Trinajstić information content (AvgIpc) is 3.35. The lowest BCUT2D eigenvalue weighted by atomic mass is 10.1. The molecule has 0 fully saturated rings. The predicted molar refractivity (Wildman–Crippen MR) is 297 cm³/mol. The molecule has 0 rings (SSSR count). The normalized spacial score (nSPS) is 12.7. The molecule has 1 atom stereocenters. The lowest BCUT2D eigenvalue weighted by Crippen LogP contribution is -2.30. The summed E-state index contributed by atoms with van der Waals surface area (Å²) in [5.74, 6) is -0.912. The zero-order valence-electron chi connectivity index (χ0n) is 45.3. The van der Waals surface area contributed by atoms with Crippen LogP contribution < -0.4 is 0 Å². The number of unbranched alkanes of at least 4 members (excludes halogenated alkanes) is 31. The molecule has 0 heterocycles. The van der Waals surface area contributed by atoms with Gasteiger partial charge in [0.1, 0.15) is 13.2 Å². The minimum Gasteiger partial charge on any atom is -0.462 e. The number of hydrogen-bond donors (Lipinski definition) is 0. The Kier molecular flexibility index (Phi) is 54.3. The molecule has 0 saturated carbocycles. The van der Waals surface area contributed by atoms with Crippen LogP contribution in [0.2, 0.25) is 0 Å². The van der Waals surface area contributed by atoms with Crippen molar-refractivity contribution in [3.05, 3.63) is 85.1 Å².